The lowest BCUT2D eigenvalue weighted by molar-refractivity contribution is -0.116. The molecule has 110 valence electrons. The number of hydrogen-bond acceptors (Lipinski definition) is 4. The molecule has 4 N–H and O–H groups in total. The lowest BCUT2D eigenvalue weighted by Crippen LogP contribution is -2.37. The Labute approximate surface area is 123 Å². The monoisotopic (exact) mass is 297 g/mol. The van der Waals surface area contributed by atoms with E-state index in [1.807, 2.05) is 0 Å². The van der Waals surface area contributed by atoms with E-state index in [-0.39, 0.29) is 12.0 Å². The average molecular weight is 298 g/mol. The Bertz CT molecular complexity index is 473. The van der Waals surface area contributed by atoms with Gasteiger partial charge in [-0.05, 0) is 31.0 Å². The number of aliphatic hydroxyl groups is 1. The van der Waals surface area contributed by atoms with Crippen molar-refractivity contribution in [3.05, 3.63) is 23.2 Å². The van der Waals surface area contributed by atoms with Crippen LogP contribution in [0.15, 0.2) is 18.2 Å². The van der Waals surface area contributed by atoms with Crippen molar-refractivity contribution in [2.75, 3.05) is 30.7 Å². The number of likely N-dealkylation sites (tertiary alicyclic amines) is 1. The van der Waals surface area contributed by atoms with Crippen molar-refractivity contribution in [3.8, 4) is 0 Å². The normalized spacial score (nSPS) is 17.1. The third kappa shape index (κ3) is 4.37. The number of aliphatic hydroxyl groups excluding tert-OH is 1. The maximum Gasteiger partial charge on any atom is 0.225 e. The minimum absolute atomic E-state index is 0.0669. The number of benzene rings is 1. The minimum Gasteiger partial charge on any atom is -0.399 e. The predicted molar refractivity (Wildman–Crippen MR) is 80.8 cm³/mol. The van der Waals surface area contributed by atoms with Crippen LogP contribution in [0.1, 0.15) is 19.3 Å². The summed E-state index contributed by atoms with van der Waals surface area (Å²) in [4.78, 5) is 14.1. The van der Waals surface area contributed by atoms with Crippen LogP contribution < -0.4 is 11.1 Å². The Morgan fingerprint density at radius 3 is 2.80 bits per heavy atom. The summed E-state index contributed by atoms with van der Waals surface area (Å²) in [6.07, 6.45) is 1.79. The topological polar surface area (TPSA) is 78.6 Å². The lowest BCUT2D eigenvalue weighted by atomic mass is 10.1. The van der Waals surface area contributed by atoms with Gasteiger partial charge in [-0.25, -0.2) is 0 Å². The fourth-order valence-corrected chi connectivity index (χ4v) is 2.48. The van der Waals surface area contributed by atoms with Crippen molar-refractivity contribution < 1.29 is 9.90 Å². The van der Waals surface area contributed by atoms with E-state index in [1.54, 1.807) is 18.2 Å². The van der Waals surface area contributed by atoms with Gasteiger partial charge in [-0.3, -0.25) is 4.79 Å². The molecular weight excluding hydrogens is 278 g/mol. The fourth-order valence-electron chi connectivity index (χ4n) is 2.25. The number of nitrogens with two attached hydrogens (primary N) is 1. The summed E-state index contributed by atoms with van der Waals surface area (Å²) in [6, 6.07) is 5.02. The molecule has 0 saturated carbocycles. The van der Waals surface area contributed by atoms with Crippen molar-refractivity contribution in [2.24, 2.45) is 0 Å². The second-order valence-electron chi connectivity index (χ2n) is 5.11. The Morgan fingerprint density at radius 1 is 1.45 bits per heavy atom. The first kappa shape index (κ1) is 15.1. The fraction of sp³-hybridized carbons (Fsp3) is 0.500. The van der Waals surface area contributed by atoms with Gasteiger partial charge in [0.2, 0.25) is 5.91 Å². The molecule has 0 atom stereocenters. The van der Waals surface area contributed by atoms with Gasteiger partial charge < -0.3 is 21.1 Å². The number of amides is 1. The molecule has 1 aliphatic heterocycles. The standard InChI is InChI=1S/C14H20ClN3O2/c15-12-9-10(16)1-2-13(12)17-14(20)5-8-18-6-3-11(19)4-7-18/h1-2,9,11,19H,3-8,16H2,(H,17,20). The quantitative estimate of drug-likeness (QED) is 0.739. The van der Waals surface area contributed by atoms with Crippen molar-refractivity contribution in [3.63, 3.8) is 0 Å². The molecule has 1 amide bonds. The summed E-state index contributed by atoms with van der Waals surface area (Å²) in [6.45, 7) is 2.39. The zero-order valence-electron chi connectivity index (χ0n) is 11.3. The zero-order chi connectivity index (χ0) is 14.5. The molecule has 0 radical (unpaired) electrons. The van der Waals surface area contributed by atoms with E-state index in [2.05, 4.69) is 10.2 Å². The van der Waals surface area contributed by atoms with Crippen LogP contribution >= 0.6 is 11.6 Å². The lowest BCUT2D eigenvalue weighted by Gasteiger charge is -2.29. The summed E-state index contributed by atoms with van der Waals surface area (Å²) in [5.74, 6) is -0.0669. The molecular formula is C14H20ClN3O2. The molecule has 1 fully saturated rings. The van der Waals surface area contributed by atoms with Gasteiger partial charge in [0.25, 0.3) is 0 Å². The van der Waals surface area contributed by atoms with Gasteiger partial charge in [0, 0.05) is 31.7 Å². The van der Waals surface area contributed by atoms with Crippen LogP contribution in [-0.4, -0.2) is 41.7 Å². The van der Waals surface area contributed by atoms with Gasteiger partial charge in [-0.1, -0.05) is 11.6 Å². The number of halogens is 1. The van der Waals surface area contributed by atoms with Crippen LogP contribution in [-0.2, 0) is 4.79 Å². The predicted octanol–water partition coefficient (Wildman–Crippen LogP) is 1.71. The molecule has 20 heavy (non-hydrogen) atoms. The number of nitrogen functional groups attached to an aromatic ring is 1. The minimum atomic E-state index is -0.186. The van der Waals surface area contributed by atoms with E-state index in [9.17, 15) is 9.90 Å². The molecule has 6 heteroatoms. The number of anilines is 2. The van der Waals surface area contributed by atoms with E-state index >= 15 is 0 Å². The second kappa shape index (κ2) is 6.92. The maximum absolute atomic E-state index is 11.9. The molecule has 0 bridgehead atoms. The highest BCUT2D eigenvalue weighted by atomic mass is 35.5. The summed E-state index contributed by atoms with van der Waals surface area (Å²) in [5.41, 5.74) is 6.75. The second-order valence-corrected chi connectivity index (χ2v) is 5.52. The smallest absolute Gasteiger partial charge is 0.225 e. The molecule has 0 aromatic heterocycles. The number of nitrogens with one attached hydrogen (secondary N) is 1. The Balaban J connectivity index is 1.78. The molecule has 0 spiro atoms. The molecule has 1 aromatic carbocycles. The summed E-state index contributed by atoms with van der Waals surface area (Å²) >= 11 is 6.01. The molecule has 0 unspecified atom stereocenters. The van der Waals surface area contributed by atoms with Crippen LogP contribution in [0, 0.1) is 0 Å². The molecule has 1 heterocycles. The van der Waals surface area contributed by atoms with Gasteiger partial charge in [-0.2, -0.15) is 0 Å². The Kier molecular flexibility index (Phi) is 5.23. The van der Waals surface area contributed by atoms with Crippen LogP contribution in [0.25, 0.3) is 0 Å². The Hall–Kier alpha value is -1.30. The van der Waals surface area contributed by atoms with Crippen molar-refractivity contribution in [1.82, 2.24) is 4.90 Å². The highest BCUT2D eigenvalue weighted by Crippen LogP contribution is 2.24. The number of carbonyl (C=O) groups is 1. The summed E-state index contributed by atoms with van der Waals surface area (Å²) in [5, 5.41) is 12.6. The first-order valence-corrected chi connectivity index (χ1v) is 7.17. The molecule has 1 aliphatic rings. The summed E-state index contributed by atoms with van der Waals surface area (Å²) in [7, 11) is 0. The third-order valence-corrected chi connectivity index (χ3v) is 3.79. The van der Waals surface area contributed by atoms with E-state index in [4.69, 9.17) is 17.3 Å². The number of carbonyl (C=O) groups excluding carboxylic acids is 1. The number of nitrogens with zero attached hydrogens (tertiary/aromatic N) is 1. The molecule has 1 saturated heterocycles. The molecule has 0 aliphatic carbocycles. The van der Waals surface area contributed by atoms with E-state index < -0.39 is 0 Å². The largest absolute Gasteiger partial charge is 0.399 e. The van der Waals surface area contributed by atoms with Gasteiger partial charge in [-0.15, -0.1) is 0 Å². The van der Waals surface area contributed by atoms with E-state index in [0.29, 0.717) is 29.4 Å². The van der Waals surface area contributed by atoms with E-state index in [0.717, 1.165) is 25.9 Å². The number of piperidine rings is 1. The first-order valence-electron chi connectivity index (χ1n) is 6.80. The van der Waals surface area contributed by atoms with Gasteiger partial charge in [0.1, 0.15) is 0 Å². The molecule has 5 nitrogen and oxygen atoms in total. The third-order valence-electron chi connectivity index (χ3n) is 3.48. The maximum atomic E-state index is 11.9. The zero-order valence-corrected chi connectivity index (χ0v) is 12.1. The van der Waals surface area contributed by atoms with Gasteiger partial charge >= 0.3 is 0 Å². The van der Waals surface area contributed by atoms with Crippen molar-refractivity contribution in [1.29, 1.82) is 0 Å². The van der Waals surface area contributed by atoms with Crippen molar-refractivity contribution in [2.45, 2.75) is 25.4 Å². The highest BCUT2D eigenvalue weighted by Gasteiger charge is 2.17. The first-order chi connectivity index (χ1) is 9.54. The van der Waals surface area contributed by atoms with Crippen LogP contribution in [0.3, 0.4) is 0 Å². The SMILES string of the molecule is Nc1ccc(NC(=O)CCN2CCC(O)CC2)c(Cl)c1. The van der Waals surface area contributed by atoms with Crippen LogP contribution in [0.5, 0.6) is 0 Å². The number of hydrogen-bond donors (Lipinski definition) is 3. The average Bonchev–Trinajstić information content (AvgIpc) is 2.41. The number of rotatable bonds is 4. The highest BCUT2D eigenvalue weighted by molar-refractivity contribution is 6.34. The molecule has 2 rings (SSSR count). The van der Waals surface area contributed by atoms with Gasteiger partial charge in [0.15, 0.2) is 0 Å². The van der Waals surface area contributed by atoms with E-state index in [1.165, 1.54) is 0 Å². The van der Waals surface area contributed by atoms with Crippen LogP contribution in [0.4, 0.5) is 11.4 Å². The molecule has 1 aromatic rings. The summed E-state index contributed by atoms with van der Waals surface area (Å²) < 4.78 is 0. The van der Waals surface area contributed by atoms with Crippen molar-refractivity contribution >= 4 is 28.9 Å². The van der Waals surface area contributed by atoms with Gasteiger partial charge in [0.05, 0.1) is 16.8 Å². The Morgan fingerprint density at radius 2 is 2.15 bits per heavy atom. The van der Waals surface area contributed by atoms with Crippen LogP contribution in [0.2, 0.25) is 5.02 Å².